The maximum Gasteiger partial charge on any atom is 0.416 e. The van der Waals surface area contributed by atoms with Crippen LogP contribution >= 0.6 is 0 Å². The first-order valence-corrected chi connectivity index (χ1v) is 9.79. The molecule has 3 N–H and O–H groups in total. The van der Waals surface area contributed by atoms with Crippen LogP contribution in [0.2, 0.25) is 0 Å². The number of alkyl halides is 3. The number of sulfonamides is 1. The molecule has 10 heteroatoms. The average Bonchev–Trinajstić information content (AvgIpc) is 2.60. The Labute approximate surface area is 161 Å². The first-order chi connectivity index (χ1) is 13.0. The van der Waals surface area contributed by atoms with Crippen LogP contribution in [0.1, 0.15) is 25.0 Å². The summed E-state index contributed by atoms with van der Waals surface area (Å²) in [5.41, 5.74) is 0.0541. The monoisotopic (exact) mass is 415 g/mol. The van der Waals surface area contributed by atoms with E-state index in [1.54, 1.807) is 24.3 Å². The lowest BCUT2D eigenvalue weighted by Crippen LogP contribution is -2.34. The Morgan fingerprint density at radius 1 is 1.07 bits per heavy atom. The van der Waals surface area contributed by atoms with Crippen LogP contribution < -0.4 is 15.4 Å². The van der Waals surface area contributed by atoms with Crippen molar-refractivity contribution in [2.24, 2.45) is 0 Å². The van der Waals surface area contributed by atoms with E-state index >= 15 is 0 Å². The van der Waals surface area contributed by atoms with E-state index < -0.39 is 26.7 Å². The highest BCUT2D eigenvalue weighted by Crippen LogP contribution is 2.30. The van der Waals surface area contributed by atoms with Crippen LogP contribution in [-0.4, -0.2) is 20.5 Å². The second kappa shape index (κ2) is 8.61. The van der Waals surface area contributed by atoms with Crippen molar-refractivity contribution < 1.29 is 26.4 Å². The Kier molecular flexibility index (Phi) is 6.68. The first-order valence-electron chi connectivity index (χ1n) is 8.31. The maximum absolute atomic E-state index is 12.8. The first kappa shape index (κ1) is 21.7. The molecule has 0 unspecified atom stereocenters. The number of urea groups is 1. The molecule has 0 aliphatic carbocycles. The molecular weight excluding hydrogens is 395 g/mol. The molecule has 2 aromatic carbocycles. The molecule has 0 spiro atoms. The molecule has 6 nitrogen and oxygen atoms in total. The molecule has 28 heavy (non-hydrogen) atoms. The summed E-state index contributed by atoms with van der Waals surface area (Å²) in [7, 11) is -4.11. The highest BCUT2D eigenvalue weighted by atomic mass is 32.2. The molecule has 0 saturated heterocycles. The lowest BCUT2D eigenvalue weighted by atomic mass is 10.2. The van der Waals surface area contributed by atoms with Gasteiger partial charge in [0.05, 0.1) is 10.5 Å². The van der Waals surface area contributed by atoms with Crippen molar-refractivity contribution in [1.82, 2.24) is 10.0 Å². The lowest BCUT2D eigenvalue weighted by Gasteiger charge is -2.12. The van der Waals surface area contributed by atoms with Crippen molar-refractivity contribution in [2.75, 3.05) is 5.32 Å². The predicted octanol–water partition coefficient (Wildman–Crippen LogP) is 3.71. The Balaban J connectivity index is 2.02. The molecule has 0 bridgehead atoms. The van der Waals surface area contributed by atoms with Crippen LogP contribution in [-0.2, 0) is 22.7 Å². The van der Waals surface area contributed by atoms with Crippen molar-refractivity contribution in [3.05, 3.63) is 59.7 Å². The van der Waals surface area contributed by atoms with E-state index in [-0.39, 0.29) is 18.6 Å². The lowest BCUT2D eigenvalue weighted by molar-refractivity contribution is -0.137. The van der Waals surface area contributed by atoms with Gasteiger partial charge in [-0.15, -0.1) is 0 Å². The van der Waals surface area contributed by atoms with Gasteiger partial charge in [-0.3, -0.25) is 0 Å². The van der Waals surface area contributed by atoms with Crippen LogP contribution in [0, 0.1) is 0 Å². The van der Waals surface area contributed by atoms with Gasteiger partial charge in [0, 0.05) is 18.3 Å². The smallest absolute Gasteiger partial charge is 0.336 e. The summed E-state index contributed by atoms with van der Waals surface area (Å²) in [4.78, 5) is 11.2. The quantitative estimate of drug-likeness (QED) is 0.672. The van der Waals surface area contributed by atoms with E-state index in [0.717, 1.165) is 18.2 Å². The summed E-state index contributed by atoms with van der Waals surface area (Å²) in [6.07, 6.45) is -4.63. The molecule has 2 aromatic rings. The van der Waals surface area contributed by atoms with Crippen molar-refractivity contribution in [3.63, 3.8) is 0 Å². The number of amides is 2. The predicted molar refractivity (Wildman–Crippen MR) is 99.2 cm³/mol. The SMILES string of the molecule is CC(C)NC(=O)Nc1ccc(CNS(=O)(=O)c2cccc(C(F)(F)F)c2)cc1. The number of hydrogen-bond donors (Lipinski definition) is 3. The average molecular weight is 415 g/mol. The summed E-state index contributed by atoms with van der Waals surface area (Å²) in [5.74, 6) is 0. The molecule has 0 aliphatic heterocycles. The van der Waals surface area contributed by atoms with Gasteiger partial charge < -0.3 is 10.6 Å². The van der Waals surface area contributed by atoms with E-state index in [2.05, 4.69) is 15.4 Å². The molecule has 0 saturated carbocycles. The minimum atomic E-state index is -4.63. The number of halogens is 3. The van der Waals surface area contributed by atoms with Gasteiger partial charge in [-0.2, -0.15) is 13.2 Å². The van der Waals surface area contributed by atoms with Gasteiger partial charge in [0.1, 0.15) is 0 Å². The fourth-order valence-corrected chi connectivity index (χ4v) is 3.30. The van der Waals surface area contributed by atoms with E-state index in [0.29, 0.717) is 17.3 Å². The van der Waals surface area contributed by atoms with Gasteiger partial charge in [0.25, 0.3) is 0 Å². The summed E-state index contributed by atoms with van der Waals surface area (Å²) in [6, 6.07) is 9.51. The number of benzene rings is 2. The fraction of sp³-hybridized carbons (Fsp3) is 0.278. The Morgan fingerprint density at radius 2 is 1.71 bits per heavy atom. The van der Waals surface area contributed by atoms with Crippen LogP contribution in [0.15, 0.2) is 53.4 Å². The van der Waals surface area contributed by atoms with Gasteiger partial charge in [0.2, 0.25) is 10.0 Å². The molecular formula is C18H20F3N3O3S. The number of rotatable bonds is 6. The largest absolute Gasteiger partial charge is 0.416 e. The molecule has 0 heterocycles. The molecule has 2 amide bonds. The van der Waals surface area contributed by atoms with Crippen LogP contribution in [0.25, 0.3) is 0 Å². The number of hydrogen-bond acceptors (Lipinski definition) is 3. The van der Waals surface area contributed by atoms with Crippen LogP contribution in [0.3, 0.4) is 0 Å². The number of nitrogens with one attached hydrogen (secondary N) is 3. The van der Waals surface area contributed by atoms with Crippen molar-refractivity contribution in [2.45, 2.75) is 37.5 Å². The van der Waals surface area contributed by atoms with E-state index in [1.165, 1.54) is 0 Å². The molecule has 0 atom stereocenters. The summed E-state index contributed by atoms with van der Waals surface area (Å²) >= 11 is 0. The second-order valence-electron chi connectivity index (χ2n) is 6.30. The van der Waals surface area contributed by atoms with E-state index in [1.807, 2.05) is 13.8 Å². The Hall–Kier alpha value is -2.59. The minimum Gasteiger partial charge on any atom is -0.336 e. The third-order valence-corrected chi connectivity index (χ3v) is 4.97. The molecule has 0 aliphatic rings. The molecule has 2 rings (SSSR count). The zero-order chi connectivity index (χ0) is 20.9. The number of carbonyl (C=O) groups excluding carboxylic acids is 1. The van der Waals surface area contributed by atoms with E-state index in [4.69, 9.17) is 0 Å². The Morgan fingerprint density at radius 3 is 2.29 bits per heavy atom. The third-order valence-electron chi connectivity index (χ3n) is 3.57. The fourth-order valence-electron chi connectivity index (χ4n) is 2.24. The Bertz CT molecular complexity index is 927. The zero-order valence-corrected chi connectivity index (χ0v) is 16.0. The standard InChI is InChI=1S/C18H20F3N3O3S/c1-12(2)23-17(25)24-15-8-6-13(7-9-15)11-22-28(26,27)16-5-3-4-14(10-16)18(19,20)21/h3-10,12,22H,11H2,1-2H3,(H2,23,24,25). The van der Waals surface area contributed by atoms with Crippen LogP contribution in [0.4, 0.5) is 23.7 Å². The van der Waals surface area contributed by atoms with Gasteiger partial charge in [-0.05, 0) is 49.7 Å². The topological polar surface area (TPSA) is 87.3 Å². The van der Waals surface area contributed by atoms with Crippen molar-refractivity contribution >= 4 is 21.7 Å². The summed E-state index contributed by atoms with van der Waals surface area (Å²) in [5, 5.41) is 5.29. The molecule has 0 fully saturated rings. The number of anilines is 1. The summed E-state index contributed by atoms with van der Waals surface area (Å²) in [6.45, 7) is 3.52. The van der Waals surface area contributed by atoms with Gasteiger partial charge in [-0.1, -0.05) is 18.2 Å². The number of carbonyl (C=O) groups is 1. The molecule has 0 radical (unpaired) electrons. The highest BCUT2D eigenvalue weighted by Gasteiger charge is 2.31. The van der Waals surface area contributed by atoms with Crippen LogP contribution in [0.5, 0.6) is 0 Å². The third kappa shape index (κ3) is 6.24. The van der Waals surface area contributed by atoms with Crippen molar-refractivity contribution in [3.8, 4) is 0 Å². The minimum absolute atomic E-state index is 0.0236. The summed E-state index contributed by atoms with van der Waals surface area (Å²) < 4.78 is 65.0. The molecule has 152 valence electrons. The van der Waals surface area contributed by atoms with Gasteiger partial charge in [0.15, 0.2) is 0 Å². The maximum atomic E-state index is 12.8. The normalized spacial score (nSPS) is 12.1. The van der Waals surface area contributed by atoms with E-state index in [9.17, 15) is 26.4 Å². The second-order valence-corrected chi connectivity index (χ2v) is 8.07. The van der Waals surface area contributed by atoms with Gasteiger partial charge in [-0.25, -0.2) is 17.9 Å². The highest BCUT2D eigenvalue weighted by molar-refractivity contribution is 7.89. The van der Waals surface area contributed by atoms with Crippen molar-refractivity contribution in [1.29, 1.82) is 0 Å². The molecule has 0 aromatic heterocycles. The zero-order valence-electron chi connectivity index (χ0n) is 15.2. The van der Waals surface area contributed by atoms with Gasteiger partial charge >= 0.3 is 12.2 Å².